The molecule has 1 fully saturated rings. The quantitative estimate of drug-likeness (QED) is 0.373. The Labute approximate surface area is 168 Å². The van der Waals surface area contributed by atoms with Gasteiger partial charge in [-0.15, -0.1) is 0 Å². The number of amides is 1. The van der Waals surface area contributed by atoms with Crippen LogP contribution in [0.2, 0.25) is 0 Å². The number of aromatic nitrogens is 1. The van der Waals surface area contributed by atoms with Crippen LogP contribution in [0.5, 0.6) is 5.75 Å². The summed E-state index contributed by atoms with van der Waals surface area (Å²) in [4.78, 5) is 31.0. The average molecular weight is 386 g/mol. The van der Waals surface area contributed by atoms with Crippen molar-refractivity contribution in [2.75, 3.05) is 6.61 Å². The number of nitrogens with zero attached hydrogens (tertiary/aromatic N) is 2. The first kappa shape index (κ1) is 18.4. The Kier molecular flexibility index (Phi) is 5.33. The third-order valence-electron chi connectivity index (χ3n) is 4.46. The Balaban J connectivity index is 1.72. The third kappa shape index (κ3) is 4.16. The summed E-state index contributed by atoms with van der Waals surface area (Å²) in [6.45, 7) is 0.181. The second-order valence-corrected chi connectivity index (χ2v) is 6.35. The van der Waals surface area contributed by atoms with Crippen LogP contribution < -0.4 is 4.74 Å². The van der Waals surface area contributed by atoms with E-state index in [1.165, 1.54) is 11.0 Å². The Morgan fingerprint density at radius 1 is 1.00 bits per heavy atom. The summed E-state index contributed by atoms with van der Waals surface area (Å²) in [5.74, 6) is -0.193. The Morgan fingerprint density at radius 3 is 2.38 bits per heavy atom. The van der Waals surface area contributed by atoms with Crippen LogP contribution in [-0.4, -0.2) is 28.6 Å². The fraction of sp³-hybridized carbons (Fsp3) is 0.0870. The van der Waals surface area contributed by atoms with Crippen molar-refractivity contribution in [1.82, 2.24) is 9.88 Å². The zero-order valence-corrected chi connectivity index (χ0v) is 15.5. The number of carbonyl (C=O) groups excluding carboxylic acids is 2. The van der Waals surface area contributed by atoms with E-state index in [-0.39, 0.29) is 12.6 Å². The molecule has 1 aliphatic rings. The van der Waals surface area contributed by atoms with Gasteiger partial charge in [0.05, 0.1) is 17.4 Å². The van der Waals surface area contributed by atoms with Crippen molar-refractivity contribution in [1.29, 1.82) is 0 Å². The van der Waals surface area contributed by atoms with Crippen LogP contribution in [-0.2, 0) is 9.53 Å². The number of cyclic esters (lactones) is 1. The maximum Gasteiger partial charge on any atom is 0.415 e. The summed E-state index contributed by atoms with van der Waals surface area (Å²) in [5, 5.41) is 0. The minimum absolute atomic E-state index is 0.181. The Bertz CT molecular complexity index is 1020. The van der Waals surface area contributed by atoms with Gasteiger partial charge in [0.1, 0.15) is 12.4 Å². The van der Waals surface area contributed by atoms with Crippen LogP contribution in [0, 0.1) is 0 Å². The molecule has 0 aliphatic carbocycles. The van der Waals surface area contributed by atoms with Crippen LogP contribution in [0.25, 0.3) is 5.70 Å². The number of hydrogen-bond acceptors (Lipinski definition) is 5. The lowest BCUT2D eigenvalue weighted by Crippen LogP contribution is -2.27. The predicted molar refractivity (Wildman–Crippen MR) is 107 cm³/mol. The molecule has 3 aromatic rings. The van der Waals surface area contributed by atoms with Gasteiger partial charge < -0.3 is 9.47 Å². The molecule has 1 aromatic heterocycles. The highest BCUT2D eigenvalue weighted by molar-refractivity contribution is 5.95. The van der Waals surface area contributed by atoms with Crippen molar-refractivity contribution >= 4 is 17.8 Å². The molecule has 6 heteroatoms. The summed E-state index contributed by atoms with van der Waals surface area (Å²) in [6.07, 6.45) is 2.34. The highest BCUT2D eigenvalue weighted by Gasteiger charge is 2.38. The van der Waals surface area contributed by atoms with Crippen molar-refractivity contribution < 1.29 is 19.1 Å². The summed E-state index contributed by atoms with van der Waals surface area (Å²) < 4.78 is 10.7. The lowest BCUT2D eigenvalue weighted by atomic mass is 10.1. The minimum atomic E-state index is -0.608. The van der Waals surface area contributed by atoms with Crippen LogP contribution in [0.4, 0.5) is 4.79 Å². The molecule has 2 aromatic carbocycles. The molecular weight excluding hydrogens is 368 g/mol. The van der Waals surface area contributed by atoms with Crippen molar-refractivity contribution in [3.8, 4) is 5.75 Å². The first-order chi connectivity index (χ1) is 14.2. The van der Waals surface area contributed by atoms with Gasteiger partial charge in [-0.2, -0.15) is 0 Å². The number of hydrogen-bond donors (Lipinski definition) is 0. The SMILES string of the molecule is O=C(C=C(c1ccccn1)N1C(=O)OC[C@H]1c1ccccc1)Oc1ccccc1. The molecule has 0 bridgehead atoms. The van der Waals surface area contributed by atoms with Gasteiger partial charge in [-0.3, -0.25) is 9.88 Å². The monoisotopic (exact) mass is 386 g/mol. The number of pyridine rings is 1. The van der Waals surface area contributed by atoms with Gasteiger partial charge >= 0.3 is 12.1 Å². The lowest BCUT2D eigenvalue weighted by molar-refractivity contribution is -0.128. The fourth-order valence-electron chi connectivity index (χ4n) is 3.14. The van der Waals surface area contributed by atoms with E-state index in [0.29, 0.717) is 17.1 Å². The number of carbonyl (C=O) groups is 2. The molecule has 144 valence electrons. The predicted octanol–water partition coefficient (Wildman–Crippen LogP) is 4.22. The maximum absolute atomic E-state index is 12.6. The number of ether oxygens (including phenoxy) is 2. The van der Waals surface area contributed by atoms with E-state index < -0.39 is 12.1 Å². The van der Waals surface area contributed by atoms with Crippen LogP contribution in [0.15, 0.2) is 91.1 Å². The summed E-state index contributed by atoms with van der Waals surface area (Å²) in [6, 6.07) is 23.2. The molecule has 1 aliphatic heterocycles. The first-order valence-electron chi connectivity index (χ1n) is 9.13. The topological polar surface area (TPSA) is 68.7 Å². The minimum Gasteiger partial charge on any atom is -0.447 e. The van der Waals surface area contributed by atoms with E-state index >= 15 is 0 Å². The molecule has 0 spiro atoms. The summed E-state index contributed by atoms with van der Waals surface area (Å²) in [7, 11) is 0. The molecule has 0 unspecified atom stereocenters. The maximum atomic E-state index is 12.6. The number of rotatable bonds is 5. The van der Waals surface area contributed by atoms with Gasteiger partial charge in [0.15, 0.2) is 0 Å². The van der Waals surface area contributed by atoms with Gasteiger partial charge in [0.25, 0.3) is 0 Å². The van der Waals surface area contributed by atoms with E-state index in [9.17, 15) is 9.59 Å². The molecule has 4 rings (SSSR count). The molecule has 0 saturated carbocycles. The van der Waals surface area contributed by atoms with E-state index in [2.05, 4.69) is 4.98 Å². The summed E-state index contributed by atoms with van der Waals surface area (Å²) in [5.41, 5.74) is 1.69. The molecule has 1 atom stereocenters. The second-order valence-electron chi connectivity index (χ2n) is 6.35. The van der Waals surface area contributed by atoms with Crippen molar-refractivity contribution in [2.24, 2.45) is 0 Å². The molecule has 1 saturated heterocycles. The number of para-hydroxylation sites is 1. The second kappa shape index (κ2) is 8.39. The fourth-order valence-corrected chi connectivity index (χ4v) is 3.14. The summed E-state index contributed by atoms with van der Waals surface area (Å²) >= 11 is 0. The Morgan fingerprint density at radius 2 is 1.69 bits per heavy atom. The molecule has 1 amide bonds. The van der Waals surface area contributed by atoms with Crippen LogP contribution in [0.3, 0.4) is 0 Å². The van der Waals surface area contributed by atoms with Gasteiger partial charge in [-0.1, -0.05) is 54.6 Å². The molecule has 0 radical (unpaired) electrons. The molecule has 6 nitrogen and oxygen atoms in total. The van der Waals surface area contributed by atoms with Crippen LogP contribution in [0.1, 0.15) is 17.3 Å². The number of benzene rings is 2. The lowest BCUT2D eigenvalue weighted by Gasteiger charge is -2.24. The normalized spacial score (nSPS) is 16.4. The van der Waals surface area contributed by atoms with Gasteiger partial charge in [0.2, 0.25) is 0 Å². The third-order valence-corrected chi connectivity index (χ3v) is 4.46. The van der Waals surface area contributed by atoms with Crippen LogP contribution >= 0.6 is 0 Å². The van der Waals surface area contributed by atoms with E-state index in [1.807, 2.05) is 36.4 Å². The highest BCUT2D eigenvalue weighted by atomic mass is 16.6. The molecule has 2 heterocycles. The zero-order chi connectivity index (χ0) is 20.1. The molecule has 29 heavy (non-hydrogen) atoms. The number of esters is 1. The average Bonchev–Trinajstić information content (AvgIpc) is 3.15. The van der Waals surface area contributed by atoms with Crippen molar-refractivity contribution in [3.05, 3.63) is 102 Å². The molecule has 0 N–H and O–H groups in total. The van der Waals surface area contributed by atoms with E-state index in [4.69, 9.17) is 9.47 Å². The largest absolute Gasteiger partial charge is 0.447 e. The van der Waals surface area contributed by atoms with E-state index in [0.717, 1.165) is 5.56 Å². The van der Waals surface area contributed by atoms with Crippen molar-refractivity contribution in [2.45, 2.75) is 6.04 Å². The Hall–Kier alpha value is -3.93. The zero-order valence-electron chi connectivity index (χ0n) is 15.5. The van der Waals surface area contributed by atoms with Crippen molar-refractivity contribution in [3.63, 3.8) is 0 Å². The standard InChI is InChI=1S/C23H18N2O4/c26-22(29-18-11-5-2-6-12-18)15-20(19-13-7-8-14-24-19)25-21(16-28-23(25)27)17-9-3-1-4-10-17/h1-15,21H,16H2/t21-/m0/s1. The van der Waals surface area contributed by atoms with Gasteiger partial charge in [-0.25, -0.2) is 9.59 Å². The highest BCUT2D eigenvalue weighted by Crippen LogP contribution is 2.34. The smallest absolute Gasteiger partial charge is 0.415 e. The molecular formula is C23H18N2O4. The van der Waals surface area contributed by atoms with Gasteiger partial charge in [-0.05, 0) is 29.8 Å². The van der Waals surface area contributed by atoms with Gasteiger partial charge in [0, 0.05) is 12.3 Å². The first-order valence-corrected chi connectivity index (χ1v) is 9.13. The van der Waals surface area contributed by atoms with E-state index in [1.54, 1.807) is 48.7 Å².